The third-order valence-electron chi connectivity index (χ3n) is 4.30. The molecule has 0 saturated carbocycles. The quantitative estimate of drug-likeness (QED) is 0.647. The second-order valence-electron chi connectivity index (χ2n) is 6.45. The fraction of sp³-hybridized carbons (Fsp3) is 0.0952. The lowest BCUT2D eigenvalue weighted by atomic mass is 10.2. The van der Waals surface area contributed by atoms with E-state index in [1.807, 2.05) is 0 Å². The Morgan fingerprint density at radius 1 is 0.867 bits per heavy atom. The molecular formula is C21H17FN2O5S. The monoisotopic (exact) mass is 428 g/mol. The lowest BCUT2D eigenvalue weighted by molar-refractivity contribution is 0.102. The molecule has 4 rings (SSSR count). The maximum absolute atomic E-state index is 13.0. The van der Waals surface area contributed by atoms with Crippen molar-refractivity contribution >= 4 is 27.3 Å². The normalized spacial score (nSPS) is 12.8. The number of hydrogen-bond donors (Lipinski definition) is 2. The van der Waals surface area contributed by atoms with E-state index in [0.29, 0.717) is 30.4 Å². The van der Waals surface area contributed by atoms with Crippen molar-refractivity contribution < 1.29 is 27.1 Å². The van der Waals surface area contributed by atoms with Gasteiger partial charge in [0, 0.05) is 23.0 Å². The van der Waals surface area contributed by atoms with E-state index < -0.39 is 21.7 Å². The topological polar surface area (TPSA) is 93.7 Å². The number of fused-ring (bicyclic) bond motifs is 1. The first-order valence-electron chi connectivity index (χ1n) is 9.00. The van der Waals surface area contributed by atoms with Crippen LogP contribution in [0.5, 0.6) is 11.5 Å². The molecule has 0 aliphatic carbocycles. The summed E-state index contributed by atoms with van der Waals surface area (Å²) in [4.78, 5) is 12.5. The molecule has 30 heavy (non-hydrogen) atoms. The number of carbonyl (C=O) groups is 1. The van der Waals surface area contributed by atoms with Crippen molar-refractivity contribution in [1.29, 1.82) is 0 Å². The Morgan fingerprint density at radius 3 is 2.33 bits per heavy atom. The van der Waals surface area contributed by atoms with Crippen LogP contribution < -0.4 is 19.5 Å². The lowest BCUT2D eigenvalue weighted by Gasteiger charge is -2.19. The Balaban J connectivity index is 1.52. The number of rotatable bonds is 5. The van der Waals surface area contributed by atoms with Gasteiger partial charge in [-0.2, -0.15) is 0 Å². The highest BCUT2D eigenvalue weighted by Gasteiger charge is 2.18. The Bertz CT molecular complexity index is 1200. The summed E-state index contributed by atoms with van der Waals surface area (Å²) in [5.41, 5.74) is 0.858. The molecule has 1 amide bonds. The van der Waals surface area contributed by atoms with Crippen LogP contribution in [0.1, 0.15) is 10.4 Å². The van der Waals surface area contributed by atoms with Crippen LogP contribution in [-0.2, 0) is 10.0 Å². The summed E-state index contributed by atoms with van der Waals surface area (Å²) in [6.45, 7) is 0.886. The van der Waals surface area contributed by atoms with Gasteiger partial charge in [0.1, 0.15) is 19.0 Å². The van der Waals surface area contributed by atoms with Crippen molar-refractivity contribution in [2.45, 2.75) is 4.90 Å². The van der Waals surface area contributed by atoms with Crippen LogP contribution in [0.4, 0.5) is 15.8 Å². The third-order valence-corrected chi connectivity index (χ3v) is 5.68. The molecule has 0 bridgehead atoms. The number of hydrogen-bond acceptors (Lipinski definition) is 5. The molecule has 7 nitrogen and oxygen atoms in total. The van der Waals surface area contributed by atoms with Gasteiger partial charge in [0.05, 0.1) is 4.90 Å². The second-order valence-corrected chi connectivity index (χ2v) is 8.14. The Hall–Kier alpha value is -3.59. The molecule has 1 aliphatic rings. The number of nitrogens with one attached hydrogen (secondary N) is 2. The molecule has 0 fully saturated rings. The second kappa shape index (κ2) is 8.03. The minimum Gasteiger partial charge on any atom is -0.486 e. The van der Waals surface area contributed by atoms with E-state index in [1.54, 1.807) is 18.2 Å². The summed E-state index contributed by atoms with van der Waals surface area (Å²) >= 11 is 0. The summed E-state index contributed by atoms with van der Waals surface area (Å²) in [5, 5.41) is 2.71. The average Bonchev–Trinajstić information content (AvgIpc) is 2.75. The van der Waals surface area contributed by atoms with Crippen molar-refractivity contribution in [3.05, 3.63) is 78.1 Å². The maximum atomic E-state index is 13.0. The zero-order valence-corrected chi connectivity index (χ0v) is 16.4. The van der Waals surface area contributed by atoms with Gasteiger partial charge < -0.3 is 14.8 Å². The molecule has 3 aromatic carbocycles. The predicted octanol–water partition coefficient (Wildman–Crippen LogP) is 3.65. The molecule has 0 unspecified atom stereocenters. The first kappa shape index (κ1) is 19.7. The van der Waals surface area contributed by atoms with E-state index in [2.05, 4.69) is 10.0 Å². The van der Waals surface area contributed by atoms with Crippen molar-refractivity contribution in [2.24, 2.45) is 0 Å². The molecule has 0 aromatic heterocycles. The highest BCUT2D eigenvalue weighted by atomic mass is 32.2. The van der Waals surface area contributed by atoms with Gasteiger partial charge in [0.2, 0.25) is 0 Å². The Kier molecular flexibility index (Phi) is 5.28. The number of carbonyl (C=O) groups excluding carboxylic acids is 1. The number of halogens is 1. The summed E-state index contributed by atoms with van der Waals surface area (Å²) in [7, 11) is -3.96. The van der Waals surface area contributed by atoms with Crippen LogP contribution >= 0.6 is 0 Å². The van der Waals surface area contributed by atoms with Gasteiger partial charge in [-0.15, -0.1) is 0 Å². The SMILES string of the molecule is O=C(Nc1ccc2c(c1)OCCO2)c1cccc(S(=O)(=O)Nc2ccc(F)cc2)c1. The number of ether oxygens (including phenoxy) is 2. The number of sulfonamides is 1. The lowest BCUT2D eigenvalue weighted by Crippen LogP contribution is -2.17. The highest BCUT2D eigenvalue weighted by molar-refractivity contribution is 7.92. The van der Waals surface area contributed by atoms with Crippen molar-refractivity contribution in [3.63, 3.8) is 0 Å². The highest BCUT2D eigenvalue weighted by Crippen LogP contribution is 2.32. The van der Waals surface area contributed by atoms with Crippen LogP contribution in [0, 0.1) is 5.82 Å². The summed E-state index contributed by atoms with van der Waals surface area (Å²) < 4.78 is 51.5. The van der Waals surface area contributed by atoms with Gasteiger partial charge in [0.15, 0.2) is 11.5 Å². The average molecular weight is 428 g/mol. The Morgan fingerprint density at radius 2 is 1.57 bits per heavy atom. The summed E-state index contributed by atoms with van der Waals surface area (Å²) in [6.07, 6.45) is 0. The Labute approximate surface area is 172 Å². The van der Waals surface area contributed by atoms with E-state index in [0.717, 1.165) is 12.1 Å². The predicted molar refractivity (Wildman–Crippen MR) is 109 cm³/mol. The summed E-state index contributed by atoms with van der Waals surface area (Å²) in [6, 6.07) is 15.5. The number of benzene rings is 3. The van der Waals surface area contributed by atoms with Gasteiger partial charge in [-0.25, -0.2) is 12.8 Å². The number of amides is 1. The number of anilines is 2. The molecule has 9 heteroatoms. The molecule has 0 spiro atoms. The van der Waals surface area contributed by atoms with E-state index in [1.165, 1.54) is 36.4 Å². The zero-order chi connectivity index (χ0) is 21.1. The first-order valence-corrected chi connectivity index (χ1v) is 10.5. The van der Waals surface area contributed by atoms with Crippen molar-refractivity contribution in [1.82, 2.24) is 0 Å². The standard InChI is InChI=1S/C21H17FN2O5S/c22-15-4-6-16(7-5-15)24-30(26,27)18-3-1-2-14(12-18)21(25)23-17-8-9-19-20(13-17)29-11-10-28-19/h1-9,12-13,24H,10-11H2,(H,23,25). The largest absolute Gasteiger partial charge is 0.486 e. The molecule has 0 saturated heterocycles. The zero-order valence-electron chi connectivity index (χ0n) is 15.6. The van der Waals surface area contributed by atoms with Gasteiger partial charge >= 0.3 is 0 Å². The van der Waals surface area contributed by atoms with Gasteiger partial charge in [-0.1, -0.05) is 6.07 Å². The molecule has 2 N–H and O–H groups in total. The molecule has 0 radical (unpaired) electrons. The first-order chi connectivity index (χ1) is 14.4. The third kappa shape index (κ3) is 4.36. The van der Waals surface area contributed by atoms with Crippen LogP contribution in [0.25, 0.3) is 0 Å². The minimum absolute atomic E-state index is 0.0957. The van der Waals surface area contributed by atoms with E-state index in [9.17, 15) is 17.6 Å². The van der Waals surface area contributed by atoms with Gasteiger partial charge in [-0.3, -0.25) is 9.52 Å². The van der Waals surface area contributed by atoms with Crippen LogP contribution in [0.3, 0.4) is 0 Å². The maximum Gasteiger partial charge on any atom is 0.261 e. The van der Waals surface area contributed by atoms with E-state index >= 15 is 0 Å². The fourth-order valence-corrected chi connectivity index (χ4v) is 3.96. The van der Waals surface area contributed by atoms with Crippen LogP contribution in [0.15, 0.2) is 71.6 Å². The molecule has 154 valence electrons. The molecule has 3 aromatic rings. The van der Waals surface area contributed by atoms with Crippen LogP contribution in [0.2, 0.25) is 0 Å². The summed E-state index contributed by atoms with van der Waals surface area (Å²) in [5.74, 6) is 0.166. The molecule has 1 heterocycles. The minimum atomic E-state index is -3.96. The molecular weight excluding hydrogens is 411 g/mol. The van der Waals surface area contributed by atoms with Gasteiger partial charge in [-0.05, 0) is 54.6 Å². The smallest absolute Gasteiger partial charge is 0.261 e. The molecule has 0 atom stereocenters. The van der Waals surface area contributed by atoms with E-state index in [4.69, 9.17) is 9.47 Å². The van der Waals surface area contributed by atoms with E-state index in [-0.39, 0.29) is 16.1 Å². The van der Waals surface area contributed by atoms with Crippen molar-refractivity contribution in [3.8, 4) is 11.5 Å². The van der Waals surface area contributed by atoms with Crippen molar-refractivity contribution in [2.75, 3.05) is 23.3 Å². The van der Waals surface area contributed by atoms with Crippen LogP contribution in [-0.4, -0.2) is 27.5 Å². The molecule has 1 aliphatic heterocycles. The fourth-order valence-electron chi connectivity index (χ4n) is 2.86. The van der Waals surface area contributed by atoms with Gasteiger partial charge in [0.25, 0.3) is 15.9 Å².